The lowest BCUT2D eigenvalue weighted by Crippen LogP contribution is -2.44. The third-order valence-corrected chi connectivity index (χ3v) is 6.14. The van der Waals surface area contributed by atoms with E-state index in [9.17, 15) is 4.79 Å². The molecule has 168 valence electrons. The quantitative estimate of drug-likeness (QED) is 0.350. The highest BCUT2D eigenvalue weighted by atomic mass is 127. The lowest BCUT2D eigenvalue weighted by atomic mass is 9.87. The second kappa shape index (κ2) is 10.5. The highest BCUT2D eigenvalue weighted by Crippen LogP contribution is 2.38. The average molecular weight is 522 g/mol. The molecule has 0 aromatic carbocycles. The molecule has 2 atom stereocenters. The molecule has 1 N–H and O–H groups in total. The summed E-state index contributed by atoms with van der Waals surface area (Å²) in [7, 11) is 1.86. The normalized spacial score (nSPS) is 27.9. The zero-order valence-corrected chi connectivity index (χ0v) is 20.9. The Morgan fingerprint density at radius 3 is 2.72 bits per heavy atom. The number of hydrogen-bond acceptors (Lipinski definition) is 4. The molecule has 0 saturated carbocycles. The van der Waals surface area contributed by atoms with E-state index in [0.29, 0.717) is 11.3 Å². The van der Waals surface area contributed by atoms with Crippen molar-refractivity contribution < 1.29 is 14.3 Å². The van der Waals surface area contributed by atoms with E-state index in [2.05, 4.69) is 15.2 Å². The van der Waals surface area contributed by atoms with Crippen LogP contribution in [0, 0.1) is 11.3 Å². The first kappa shape index (κ1) is 24.5. The zero-order valence-electron chi connectivity index (χ0n) is 18.5. The van der Waals surface area contributed by atoms with Crippen molar-refractivity contribution in [1.29, 1.82) is 0 Å². The van der Waals surface area contributed by atoms with Crippen LogP contribution >= 0.6 is 24.0 Å². The van der Waals surface area contributed by atoms with Gasteiger partial charge >= 0.3 is 6.09 Å². The van der Waals surface area contributed by atoms with Gasteiger partial charge in [-0.3, -0.25) is 4.99 Å². The third kappa shape index (κ3) is 6.87. The maximum atomic E-state index is 12.3. The number of nitrogens with zero attached hydrogens (tertiary/aromatic N) is 3. The monoisotopic (exact) mass is 522 g/mol. The van der Waals surface area contributed by atoms with Crippen molar-refractivity contribution >= 4 is 36.0 Å². The molecular weight excluding hydrogens is 483 g/mol. The summed E-state index contributed by atoms with van der Waals surface area (Å²) in [6, 6.07) is 0. The summed E-state index contributed by atoms with van der Waals surface area (Å²) in [6.07, 6.45) is 5.45. The summed E-state index contributed by atoms with van der Waals surface area (Å²) >= 11 is 0. The molecule has 7 nitrogen and oxygen atoms in total. The minimum Gasteiger partial charge on any atom is -0.444 e. The number of nitrogens with one attached hydrogen (secondary N) is 1. The van der Waals surface area contributed by atoms with Crippen molar-refractivity contribution in [1.82, 2.24) is 15.1 Å². The van der Waals surface area contributed by atoms with Crippen molar-refractivity contribution in [2.24, 2.45) is 16.3 Å². The van der Waals surface area contributed by atoms with Crippen LogP contribution in [-0.2, 0) is 9.47 Å². The maximum Gasteiger partial charge on any atom is 0.410 e. The number of guanidine groups is 1. The second-order valence-corrected chi connectivity index (χ2v) is 9.67. The molecule has 2 unspecified atom stereocenters. The smallest absolute Gasteiger partial charge is 0.410 e. The lowest BCUT2D eigenvalue weighted by Gasteiger charge is -2.34. The Labute approximate surface area is 193 Å². The van der Waals surface area contributed by atoms with Crippen LogP contribution in [0.2, 0.25) is 0 Å². The third-order valence-electron chi connectivity index (χ3n) is 6.14. The van der Waals surface area contributed by atoms with Crippen LogP contribution in [0.25, 0.3) is 0 Å². The molecule has 0 aliphatic carbocycles. The van der Waals surface area contributed by atoms with Crippen molar-refractivity contribution in [2.75, 3.05) is 53.0 Å². The Balaban J connectivity index is 0.00000300. The summed E-state index contributed by atoms with van der Waals surface area (Å²) in [5.74, 6) is 1.52. The van der Waals surface area contributed by atoms with Crippen LogP contribution in [0.15, 0.2) is 4.99 Å². The number of likely N-dealkylation sites (tertiary alicyclic amines) is 2. The molecule has 0 aromatic heterocycles. The van der Waals surface area contributed by atoms with Gasteiger partial charge in [0.05, 0.1) is 6.61 Å². The second-order valence-electron chi connectivity index (χ2n) is 9.67. The fraction of sp³-hybridized carbons (Fsp3) is 0.905. The number of piperidine rings is 1. The first-order chi connectivity index (χ1) is 13.3. The van der Waals surface area contributed by atoms with Crippen molar-refractivity contribution in [3.63, 3.8) is 0 Å². The summed E-state index contributed by atoms with van der Waals surface area (Å²) in [6.45, 7) is 12.1. The molecule has 3 aliphatic heterocycles. The molecule has 3 saturated heterocycles. The Kier molecular flexibility index (Phi) is 8.87. The first-order valence-corrected chi connectivity index (χ1v) is 10.8. The molecule has 0 bridgehead atoms. The molecule has 8 heteroatoms. The largest absolute Gasteiger partial charge is 0.444 e. The van der Waals surface area contributed by atoms with Gasteiger partial charge in [0.25, 0.3) is 0 Å². The van der Waals surface area contributed by atoms with Gasteiger partial charge < -0.3 is 24.6 Å². The summed E-state index contributed by atoms with van der Waals surface area (Å²) in [5.41, 5.74) is -0.0928. The van der Waals surface area contributed by atoms with Gasteiger partial charge in [0.15, 0.2) is 5.96 Å². The van der Waals surface area contributed by atoms with E-state index < -0.39 is 5.60 Å². The van der Waals surface area contributed by atoms with Crippen molar-refractivity contribution in [3.8, 4) is 0 Å². The molecule has 3 rings (SSSR count). The number of rotatable bonds is 3. The molecule has 3 heterocycles. The van der Waals surface area contributed by atoms with Crippen molar-refractivity contribution in [3.05, 3.63) is 0 Å². The van der Waals surface area contributed by atoms with Gasteiger partial charge in [0.1, 0.15) is 5.60 Å². The minimum absolute atomic E-state index is 0. The Bertz CT molecular complexity index is 573. The first-order valence-electron chi connectivity index (χ1n) is 10.8. The highest BCUT2D eigenvalue weighted by molar-refractivity contribution is 14.0. The molecule has 3 aliphatic rings. The zero-order chi connectivity index (χ0) is 20.2. The number of halogens is 1. The van der Waals surface area contributed by atoms with Gasteiger partial charge in [-0.05, 0) is 58.8 Å². The number of ether oxygens (including phenoxy) is 2. The van der Waals surface area contributed by atoms with Crippen molar-refractivity contribution in [2.45, 2.75) is 58.5 Å². The van der Waals surface area contributed by atoms with Gasteiger partial charge in [-0.2, -0.15) is 0 Å². The Hall–Kier alpha value is -0.770. The van der Waals surface area contributed by atoms with Gasteiger partial charge in [-0.1, -0.05) is 0 Å². The van der Waals surface area contributed by atoms with Gasteiger partial charge in [-0.15, -0.1) is 24.0 Å². The number of amides is 1. The van der Waals surface area contributed by atoms with E-state index in [4.69, 9.17) is 9.47 Å². The van der Waals surface area contributed by atoms with Crippen LogP contribution in [0.5, 0.6) is 0 Å². The van der Waals surface area contributed by atoms with Gasteiger partial charge in [0.2, 0.25) is 0 Å². The molecular formula is C21H39IN4O3. The van der Waals surface area contributed by atoms with Crippen LogP contribution in [0.3, 0.4) is 0 Å². The molecule has 3 fully saturated rings. The lowest BCUT2D eigenvalue weighted by molar-refractivity contribution is 0.0162. The Morgan fingerprint density at radius 1 is 1.28 bits per heavy atom. The molecule has 0 radical (unpaired) electrons. The fourth-order valence-corrected chi connectivity index (χ4v) is 4.60. The summed E-state index contributed by atoms with van der Waals surface area (Å²) < 4.78 is 11.2. The van der Waals surface area contributed by atoms with E-state index in [1.54, 1.807) is 0 Å². The van der Waals surface area contributed by atoms with E-state index in [-0.39, 0.29) is 30.1 Å². The van der Waals surface area contributed by atoms with Crippen LogP contribution in [0.4, 0.5) is 4.79 Å². The number of hydrogen-bond donors (Lipinski definition) is 1. The number of carbonyl (C=O) groups is 1. The summed E-state index contributed by atoms with van der Waals surface area (Å²) in [4.78, 5) is 21.1. The highest BCUT2D eigenvalue weighted by Gasteiger charge is 2.42. The van der Waals surface area contributed by atoms with E-state index in [0.717, 1.165) is 64.7 Å². The van der Waals surface area contributed by atoms with Gasteiger partial charge in [-0.25, -0.2) is 4.79 Å². The fourth-order valence-electron chi connectivity index (χ4n) is 4.60. The topological polar surface area (TPSA) is 66.4 Å². The predicted octanol–water partition coefficient (Wildman–Crippen LogP) is 3.33. The SMILES string of the molecule is CN=C(NCCC1CCCN(C(=O)OC(C)(C)C)C1)N1CCC2(CCOC2)C1.I. The minimum atomic E-state index is -0.435. The maximum absolute atomic E-state index is 12.3. The van der Waals surface area contributed by atoms with E-state index in [1.807, 2.05) is 32.7 Å². The number of carbonyl (C=O) groups excluding carboxylic acids is 1. The molecule has 29 heavy (non-hydrogen) atoms. The van der Waals surface area contributed by atoms with E-state index >= 15 is 0 Å². The van der Waals surface area contributed by atoms with Crippen LogP contribution < -0.4 is 5.32 Å². The van der Waals surface area contributed by atoms with E-state index in [1.165, 1.54) is 19.3 Å². The molecule has 1 amide bonds. The van der Waals surface area contributed by atoms with Crippen LogP contribution in [0.1, 0.15) is 52.9 Å². The predicted molar refractivity (Wildman–Crippen MR) is 126 cm³/mol. The average Bonchev–Trinajstić information content (AvgIpc) is 3.28. The molecule has 0 aromatic rings. The standard InChI is InChI=1S/C21H38N4O3.HI/c1-20(2,3)28-19(26)24-11-5-6-17(14-24)7-10-23-18(22-4)25-12-8-21(15-25)9-13-27-16-21;/h17H,5-16H2,1-4H3,(H,22,23);1H. The number of aliphatic imine (C=N–C) groups is 1. The summed E-state index contributed by atoms with van der Waals surface area (Å²) in [5, 5.41) is 3.55. The molecule has 1 spiro atoms. The Morgan fingerprint density at radius 2 is 2.07 bits per heavy atom. The van der Waals surface area contributed by atoms with Gasteiger partial charge in [0, 0.05) is 51.8 Å². The van der Waals surface area contributed by atoms with Crippen LogP contribution in [-0.4, -0.2) is 80.4 Å².